The van der Waals surface area contributed by atoms with E-state index in [1.54, 1.807) is 0 Å². The monoisotopic (exact) mass is 695 g/mol. The van der Waals surface area contributed by atoms with E-state index in [-0.39, 0.29) is 51.8 Å². The predicted octanol–water partition coefficient (Wildman–Crippen LogP) is 5.86. The first-order chi connectivity index (χ1) is 24.9. The van der Waals surface area contributed by atoms with Crippen molar-refractivity contribution in [3.8, 4) is 0 Å². The summed E-state index contributed by atoms with van der Waals surface area (Å²) in [5.74, 6) is -0.703. The summed E-state index contributed by atoms with van der Waals surface area (Å²) in [5, 5.41) is 6.32. The zero-order valence-corrected chi connectivity index (χ0v) is 28.2. The predicted molar refractivity (Wildman–Crippen MR) is 189 cm³/mol. The minimum absolute atomic E-state index is 0.00896. The molecule has 0 spiro atoms. The summed E-state index contributed by atoms with van der Waals surface area (Å²) in [7, 11) is 1.47. The number of hydrazine groups is 1. The van der Waals surface area contributed by atoms with Crippen LogP contribution in [0.3, 0.4) is 0 Å². The van der Waals surface area contributed by atoms with E-state index in [2.05, 4.69) is 21.1 Å². The van der Waals surface area contributed by atoms with Crippen molar-refractivity contribution in [1.29, 1.82) is 0 Å². The standard InChI is InChI=1S/C38H41N5O8/c1-43(42-38(47)51-28-32-21-12-5-13-22-32)35(41-37(46)50-27-31-19-10-4-11-20-31)39-24-14-23-33(34(44)48-25-29-15-6-2-7-16-29)40-36(45)49-26-30-17-8-3-9-18-30/h2-13,15-22,33H,14,23-28H2,1H3,(H,40,45)(H,42,47)(H,39,41,46)/t33-/m0/s1. The number of guanidine groups is 1. The van der Waals surface area contributed by atoms with E-state index in [9.17, 15) is 19.2 Å². The maximum atomic E-state index is 13.1. The normalized spacial score (nSPS) is 11.4. The van der Waals surface area contributed by atoms with E-state index in [4.69, 9.17) is 18.9 Å². The zero-order chi connectivity index (χ0) is 36.1. The molecule has 0 fully saturated rings. The van der Waals surface area contributed by atoms with Crippen LogP contribution in [0.4, 0.5) is 14.4 Å². The lowest BCUT2D eigenvalue weighted by Crippen LogP contribution is -2.51. The molecule has 4 aromatic carbocycles. The highest BCUT2D eigenvalue weighted by Gasteiger charge is 2.23. The van der Waals surface area contributed by atoms with Gasteiger partial charge in [0.1, 0.15) is 32.5 Å². The fourth-order valence-corrected chi connectivity index (χ4v) is 4.49. The Morgan fingerprint density at radius 3 is 1.47 bits per heavy atom. The lowest BCUT2D eigenvalue weighted by molar-refractivity contribution is -0.147. The summed E-state index contributed by atoms with van der Waals surface area (Å²) < 4.78 is 21.4. The molecule has 0 saturated carbocycles. The molecule has 1 atom stereocenters. The van der Waals surface area contributed by atoms with Gasteiger partial charge in [0, 0.05) is 13.6 Å². The number of esters is 1. The van der Waals surface area contributed by atoms with Crippen molar-refractivity contribution in [2.24, 2.45) is 4.99 Å². The first-order valence-corrected chi connectivity index (χ1v) is 16.3. The van der Waals surface area contributed by atoms with Crippen molar-refractivity contribution in [2.75, 3.05) is 13.6 Å². The number of rotatable bonds is 14. The molecule has 13 nitrogen and oxygen atoms in total. The van der Waals surface area contributed by atoms with Crippen LogP contribution in [0.2, 0.25) is 0 Å². The molecule has 266 valence electrons. The van der Waals surface area contributed by atoms with Crippen molar-refractivity contribution in [3.05, 3.63) is 144 Å². The Morgan fingerprint density at radius 1 is 0.588 bits per heavy atom. The molecule has 0 aliphatic carbocycles. The third-order valence-electron chi connectivity index (χ3n) is 7.14. The molecule has 0 aliphatic heterocycles. The Labute approximate surface area is 296 Å². The van der Waals surface area contributed by atoms with Crippen molar-refractivity contribution in [1.82, 2.24) is 21.1 Å². The van der Waals surface area contributed by atoms with Crippen molar-refractivity contribution in [2.45, 2.75) is 45.3 Å². The second-order valence-electron chi connectivity index (χ2n) is 11.1. The number of aliphatic imine (C=N–C) groups is 1. The summed E-state index contributed by atoms with van der Waals surface area (Å²) in [5.41, 5.74) is 5.65. The van der Waals surface area contributed by atoms with E-state index in [1.165, 1.54) is 12.1 Å². The molecule has 4 aromatic rings. The maximum absolute atomic E-state index is 13.1. The van der Waals surface area contributed by atoms with Gasteiger partial charge in [0.05, 0.1) is 0 Å². The Hall–Kier alpha value is -6.37. The van der Waals surface area contributed by atoms with Gasteiger partial charge in [0.15, 0.2) is 0 Å². The lowest BCUT2D eigenvalue weighted by Gasteiger charge is -2.22. The third-order valence-corrected chi connectivity index (χ3v) is 7.14. The molecule has 0 aromatic heterocycles. The molecule has 3 N–H and O–H groups in total. The van der Waals surface area contributed by atoms with Crippen LogP contribution in [0.15, 0.2) is 126 Å². The summed E-state index contributed by atoms with van der Waals surface area (Å²) in [4.78, 5) is 55.5. The fourth-order valence-electron chi connectivity index (χ4n) is 4.49. The maximum Gasteiger partial charge on any atom is 0.426 e. The van der Waals surface area contributed by atoms with Gasteiger partial charge >= 0.3 is 24.2 Å². The second kappa shape index (κ2) is 20.9. The highest BCUT2D eigenvalue weighted by Crippen LogP contribution is 2.08. The molecule has 0 unspecified atom stereocenters. The number of hydrogen-bond donors (Lipinski definition) is 3. The Bertz CT molecular complexity index is 1690. The molecule has 0 radical (unpaired) electrons. The van der Waals surface area contributed by atoms with Crippen LogP contribution in [0.1, 0.15) is 35.1 Å². The number of ether oxygens (including phenoxy) is 4. The van der Waals surface area contributed by atoms with E-state index in [1.807, 2.05) is 121 Å². The number of carbonyl (C=O) groups excluding carboxylic acids is 4. The SMILES string of the molecule is CN(NC(=O)OCc1ccccc1)C(=NCCC[C@H](NC(=O)OCc1ccccc1)C(=O)OCc1ccccc1)NC(=O)OCc1ccccc1. The summed E-state index contributed by atoms with van der Waals surface area (Å²) >= 11 is 0. The molecular weight excluding hydrogens is 654 g/mol. The largest absolute Gasteiger partial charge is 0.459 e. The van der Waals surface area contributed by atoms with Gasteiger partial charge in [-0.25, -0.2) is 24.6 Å². The minimum atomic E-state index is -1.05. The minimum Gasteiger partial charge on any atom is -0.459 e. The number of nitrogens with one attached hydrogen (secondary N) is 3. The van der Waals surface area contributed by atoms with E-state index < -0.39 is 30.3 Å². The first kappa shape index (κ1) is 37.4. The highest BCUT2D eigenvalue weighted by atomic mass is 16.6. The average Bonchev–Trinajstić information content (AvgIpc) is 3.16. The number of alkyl carbamates (subject to hydrolysis) is 2. The van der Waals surface area contributed by atoms with Gasteiger partial charge < -0.3 is 24.3 Å². The quantitative estimate of drug-likeness (QED) is 0.0367. The van der Waals surface area contributed by atoms with E-state index in [0.717, 1.165) is 22.3 Å². The molecule has 0 aliphatic rings. The van der Waals surface area contributed by atoms with Crippen molar-refractivity contribution in [3.63, 3.8) is 0 Å². The second-order valence-corrected chi connectivity index (χ2v) is 11.1. The number of benzene rings is 4. The topological polar surface area (TPSA) is 157 Å². The third kappa shape index (κ3) is 14.3. The molecule has 0 bridgehead atoms. The van der Waals surface area contributed by atoms with E-state index >= 15 is 0 Å². The van der Waals surface area contributed by atoms with Gasteiger partial charge in [-0.3, -0.25) is 15.3 Å². The van der Waals surface area contributed by atoms with Crippen LogP contribution in [0.5, 0.6) is 0 Å². The summed E-state index contributed by atoms with van der Waals surface area (Å²) in [6.45, 7) is 0.149. The first-order valence-electron chi connectivity index (χ1n) is 16.3. The van der Waals surface area contributed by atoms with Crippen LogP contribution in [0.25, 0.3) is 0 Å². The molecule has 13 heteroatoms. The smallest absolute Gasteiger partial charge is 0.426 e. The average molecular weight is 696 g/mol. The van der Waals surface area contributed by atoms with Gasteiger partial charge in [-0.2, -0.15) is 0 Å². The Balaban J connectivity index is 1.37. The van der Waals surface area contributed by atoms with Gasteiger partial charge in [-0.05, 0) is 35.1 Å². The van der Waals surface area contributed by atoms with Crippen LogP contribution in [-0.4, -0.2) is 54.9 Å². The number of carbonyl (C=O) groups is 4. The van der Waals surface area contributed by atoms with Crippen molar-refractivity contribution < 1.29 is 38.1 Å². The van der Waals surface area contributed by atoms with Crippen LogP contribution < -0.4 is 16.1 Å². The van der Waals surface area contributed by atoms with Crippen LogP contribution in [-0.2, 0) is 50.2 Å². The molecular formula is C38H41N5O8. The molecule has 4 rings (SSSR count). The molecule has 51 heavy (non-hydrogen) atoms. The Morgan fingerprint density at radius 2 is 1.00 bits per heavy atom. The zero-order valence-electron chi connectivity index (χ0n) is 28.2. The summed E-state index contributed by atoms with van der Waals surface area (Å²) in [6, 6.07) is 35.5. The van der Waals surface area contributed by atoms with Crippen molar-refractivity contribution >= 4 is 30.2 Å². The van der Waals surface area contributed by atoms with E-state index in [0.29, 0.717) is 0 Å². The highest BCUT2D eigenvalue weighted by molar-refractivity contribution is 5.94. The molecule has 0 heterocycles. The van der Waals surface area contributed by atoms with Gasteiger partial charge in [0.25, 0.3) is 0 Å². The summed E-state index contributed by atoms with van der Waals surface area (Å²) in [6.07, 6.45) is -1.99. The number of hydrogen-bond acceptors (Lipinski definition) is 9. The van der Waals surface area contributed by atoms with Crippen LogP contribution in [0, 0.1) is 0 Å². The molecule has 3 amide bonds. The number of nitrogens with zero attached hydrogens (tertiary/aromatic N) is 2. The lowest BCUT2D eigenvalue weighted by atomic mass is 10.1. The number of amides is 3. The van der Waals surface area contributed by atoms with Gasteiger partial charge in [-0.15, -0.1) is 0 Å². The molecule has 0 saturated heterocycles. The van der Waals surface area contributed by atoms with Crippen LogP contribution >= 0.6 is 0 Å². The van der Waals surface area contributed by atoms with Gasteiger partial charge in [-0.1, -0.05) is 121 Å². The fraction of sp³-hybridized carbons (Fsp3) is 0.237. The Kier molecular flexibility index (Phi) is 15.3. The van der Waals surface area contributed by atoms with Gasteiger partial charge in [0.2, 0.25) is 5.96 Å².